The lowest BCUT2D eigenvalue weighted by Crippen LogP contribution is -2.41. The molecule has 0 spiro atoms. The average Bonchev–Trinajstić information content (AvgIpc) is 2.62. The molecule has 1 aromatic carbocycles. The highest BCUT2D eigenvalue weighted by molar-refractivity contribution is 6.30. The Balaban J connectivity index is 2.12. The van der Waals surface area contributed by atoms with Gasteiger partial charge in [-0.05, 0) is 45.4 Å². The van der Waals surface area contributed by atoms with Gasteiger partial charge in [-0.15, -0.1) is 0 Å². The molecule has 0 aliphatic carbocycles. The average molecular weight is 325 g/mol. The van der Waals surface area contributed by atoms with E-state index in [1.165, 1.54) is 4.90 Å². The second-order valence-electron chi connectivity index (χ2n) is 6.48. The van der Waals surface area contributed by atoms with Crippen molar-refractivity contribution in [2.45, 2.75) is 38.8 Å². The molecule has 1 heterocycles. The SMILES string of the molecule is CC(C)(C)OCCN1C(=O)NC(C)(c2ccc(Cl)cc2)C1=O. The Hall–Kier alpha value is -1.59. The third-order valence-corrected chi connectivity index (χ3v) is 3.80. The summed E-state index contributed by atoms with van der Waals surface area (Å²) in [6, 6.07) is 6.49. The highest BCUT2D eigenvalue weighted by Crippen LogP contribution is 2.29. The minimum atomic E-state index is -1.07. The summed E-state index contributed by atoms with van der Waals surface area (Å²) >= 11 is 5.87. The molecule has 0 radical (unpaired) electrons. The van der Waals surface area contributed by atoms with Crippen LogP contribution in [-0.4, -0.2) is 35.6 Å². The maximum absolute atomic E-state index is 12.6. The van der Waals surface area contributed by atoms with Gasteiger partial charge in [0.15, 0.2) is 0 Å². The molecule has 1 aliphatic rings. The van der Waals surface area contributed by atoms with E-state index in [0.29, 0.717) is 17.2 Å². The van der Waals surface area contributed by atoms with E-state index in [9.17, 15) is 9.59 Å². The number of nitrogens with zero attached hydrogens (tertiary/aromatic N) is 1. The van der Waals surface area contributed by atoms with Crippen molar-refractivity contribution in [1.82, 2.24) is 10.2 Å². The molecule has 1 unspecified atom stereocenters. The van der Waals surface area contributed by atoms with Crippen molar-refractivity contribution in [2.24, 2.45) is 0 Å². The molecule has 1 aliphatic heterocycles. The third-order valence-electron chi connectivity index (χ3n) is 3.55. The Labute approximate surface area is 135 Å². The molecule has 0 aromatic heterocycles. The third kappa shape index (κ3) is 3.42. The number of hydrogen-bond acceptors (Lipinski definition) is 3. The monoisotopic (exact) mass is 324 g/mol. The molecule has 120 valence electrons. The second-order valence-corrected chi connectivity index (χ2v) is 6.92. The van der Waals surface area contributed by atoms with Crippen molar-refractivity contribution in [1.29, 1.82) is 0 Å². The molecule has 5 nitrogen and oxygen atoms in total. The summed E-state index contributed by atoms with van der Waals surface area (Å²) in [4.78, 5) is 25.9. The summed E-state index contributed by atoms with van der Waals surface area (Å²) in [6.07, 6.45) is 0. The van der Waals surface area contributed by atoms with E-state index in [0.717, 1.165) is 0 Å². The Bertz CT molecular complexity index is 580. The molecule has 1 fully saturated rings. The van der Waals surface area contributed by atoms with Gasteiger partial charge in [0.1, 0.15) is 5.54 Å². The quantitative estimate of drug-likeness (QED) is 0.866. The van der Waals surface area contributed by atoms with Gasteiger partial charge in [0.2, 0.25) is 0 Å². The normalized spacial score (nSPS) is 22.1. The topological polar surface area (TPSA) is 58.6 Å². The fourth-order valence-corrected chi connectivity index (χ4v) is 2.45. The zero-order valence-electron chi connectivity index (χ0n) is 13.3. The lowest BCUT2D eigenvalue weighted by Gasteiger charge is -2.23. The van der Waals surface area contributed by atoms with Crippen molar-refractivity contribution in [3.63, 3.8) is 0 Å². The highest BCUT2D eigenvalue weighted by Gasteiger charge is 2.48. The molecular formula is C16H21ClN2O3. The molecular weight excluding hydrogens is 304 g/mol. The number of carbonyl (C=O) groups is 2. The summed E-state index contributed by atoms with van der Waals surface area (Å²) in [7, 11) is 0. The molecule has 22 heavy (non-hydrogen) atoms. The molecule has 1 aromatic rings. The zero-order valence-corrected chi connectivity index (χ0v) is 14.0. The van der Waals surface area contributed by atoms with E-state index in [4.69, 9.17) is 16.3 Å². The summed E-state index contributed by atoms with van der Waals surface area (Å²) in [5, 5.41) is 3.34. The van der Waals surface area contributed by atoms with Crippen LogP contribution in [-0.2, 0) is 15.1 Å². The van der Waals surface area contributed by atoms with Crippen LogP contribution < -0.4 is 5.32 Å². The number of benzene rings is 1. The second kappa shape index (κ2) is 5.89. The minimum Gasteiger partial charge on any atom is -0.374 e. The standard InChI is InChI=1S/C16H21ClN2O3/c1-15(2,3)22-10-9-19-13(20)16(4,18-14(19)21)11-5-7-12(17)8-6-11/h5-8H,9-10H2,1-4H3,(H,18,21). The summed E-state index contributed by atoms with van der Waals surface area (Å²) in [6.45, 7) is 8.01. The van der Waals surface area contributed by atoms with Crippen LogP contribution in [0.4, 0.5) is 4.79 Å². The highest BCUT2D eigenvalue weighted by atomic mass is 35.5. The number of halogens is 1. The molecule has 1 atom stereocenters. The van der Waals surface area contributed by atoms with Crippen LogP contribution in [0.5, 0.6) is 0 Å². The van der Waals surface area contributed by atoms with Crippen LogP contribution in [0.15, 0.2) is 24.3 Å². The first-order valence-corrected chi connectivity index (χ1v) is 7.55. The van der Waals surface area contributed by atoms with Gasteiger partial charge >= 0.3 is 6.03 Å². The molecule has 1 N–H and O–H groups in total. The molecule has 1 saturated heterocycles. The Morgan fingerprint density at radius 3 is 2.36 bits per heavy atom. The van der Waals surface area contributed by atoms with Crippen molar-refractivity contribution in [2.75, 3.05) is 13.2 Å². The molecule has 2 rings (SSSR count). The first-order valence-electron chi connectivity index (χ1n) is 7.17. The number of ether oxygens (including phenoxy) is 1. The molecule has 6 heteroatoms. The molecule has 3 amide bonds. The predicted molar refractivity (Wildman–Crippen MR) is 84.8 cm³/mol. The smallest absolute Gasteiger partial charge is 0.325 e. The van der Waals surface area contributed by atoms with Crippen LogP contribution in [0.1, 0.15) is 33.3 Å². The molecule has 0 bridgehead atoms. The number of imide groups is 1. The minimum absolute atomic E-state index is 0.227. The summed E-state index contributed by atoms with van der Waals surface area (Å²) < 4.78 is 5.59. The van der Waals surface area contributed by atoms with E-state index < -0.39 is 11.6 Å². The first-order chi connectivity index (χ1) is 10.1. The number of hydrogen-bond donors (Lipinski definition) is 1. The number of carbonyl (C=O) groups excluding carboxylic acids is 2. The van der Waals surface area contributed by atoms with Gasteiger partial charge in [-0.3, -0.25) is 9.69 Å². The van der Waals surface area contributed by atoms with Crippen LogP contribution in [0, 0.1) is 0 Å². The Morgan fingerprint density at radius 2 is 1.82 bits per heavy atom. The predicted octanol–water partition coefficient (Wildman–Crippen LogP) is 2.92. The molecule has 0 saturated carbocycles. The van der Waals surface area contributed by atoms with Crippen LogP contribution in [0.2, 0.25) is 5.02 Å². The van der Waals surface area contributed by atoms with Gasteiger partial charge in [0, 0.05) is 5.02 Å². The van der Waals surface area contributed by atoms with E-state index in [2.05, 4.69) is 5.32 Å². The lowest BCUT2D eigenvalue weighted by molar-refractivity contribution is -0.132. The van der Waals surface area contributed by atoms with E-state index in [1.807, 2.05) is 20.8 Å². The maximum Gasteiger partial charge on any atom is 0.325 e. The van der Waals surface area contributed by atoms with Crippen LogP contribution >= 0.6 is 11.6 Å². The van der Waals surface area contributed by atoms with E-state index in [1.54, 1.807) is 31.2 Å². The van der Waals surface area contributed by atoms with Crippen molar-refractivity contribution in [3.05, 3.63) is 34.9 Å². The fraction of sp³-hybridized carbons (Fsp3) is 0.500. The van der Waals surface area contributed by atoms with Crippen molar-refractivity contribution in [3.8, 4) is 0 Å². The lowest BCUT2D eigenvalue weighted by atomic mass is 9.92. The summed E-state index contributed by atoms with van der Waals surface area (Å²) in [5.74, 6) is -0.280. The van der Waals surface area contributed by atoms with E-state index in [-0.39, 0.29) is 18.1 Å². The number of rotatable bonds is 4. The van der Waals surface area contributed by atoms with Crippen molar-refractivity contribution >= 4 is 23.5 Å². The van der Waals surface area contributed by atoms with Gasteiger partial charge in [-0.1, -0.05) is 23.7 Å². The van der Waals surface area contributed by atoms with Gasteiger partial charge in [-0.2, -0.15) is 0 Å². The van der Waals surface area contributed by atoms with Crippen molar-refractivity contribution < 1.29 is 14.3 Å². The number of urea groups is 1. The van der Waals surface area contributed by atoms with Gasteiger partial charge in [-0.25, -0.2) is 4.79 Å². The van der Waals surface area contributed by atoms with E-state index >= 15 is 0 Å². The maximum atomic E-state index is 12.6. The largest absolute Gasteiger partial charge is 0.374 e. The number of amides is 3. The zero-order chi connectivity index (χ0) is 16.5. The fourth-order valence-electron chi connectivity index (χ4n) is 2.32. The van der Waals surface area contributed by atoms with Crippen LogP contribution in [0.3, 0.4) is 0 Å². The van der Waals surface area contributed by atoms with Crippen LogP contribution in [0.25, 0.3) is 0 Å². The van der Waals surface area contributed by atoms with Gasteiger partial charge in [0.25, 0.3) is 5.91 Å². The van der Waals surface area contributed by atoms with Gasteiger partial charge < -0.3 is 10.1 Å². The Morgan fingerprint density at radius 1 is 1.23 bits per heavy atom. The Kier molecular flexibility index (Phi) is 4.49. The number of nitrogens with one attached hydrogen (secondary N) is 1. The first kappa shape index (κ1) is 16.8. The van der Waals surface area contributed by atoms with Gasteiger partial charge in [0.05, 0.1) is 18.8 Å². The summed E-state index contributed by atoms with van der Waals surface area (Å²) in [5.41, 5.74) is -0.670.